The van der Waals surface area contributed by atoms with Crippen LogP contribution < -0.4 is 0 Å². The molecule has 12 rings (SSSR count). The van der Waals surface area contributed by atoms with Crippen molar-refractivity contribution < 1.29 is 10.2 Å². The van der Waals surface area contributed by atoms with Gasteiger partial charge in [-0.15, -0.1) is 0 Å². The van der Waals surface area contributed by atoms with Crippen molar-refractivity contribution in [3.05, 3.63) is 321 Å². The van der Waals surface area contributed by atoms with E-state index in [2.05, 4.69) is 99.1 Å². The molecule has 10 aromatic carbocycles. The van der Waals surface area contributed by atoms with Gasteiger partial charge in [-0.2, -0.15) is 0 Å². The largest absolute Gasteiger partial charge is 0.380 e. The van der Waals surface area contributed by atoms with Crippen molar-refractivity contribution >= 4 is 47.8 Å². The maximum atomic E-state index is 12.9. The fraction of sp³-hybridized carbons (Fsp3) is 0.0294. The third-order valence-corrected chi connectivity index (χ3v) is 14.5. The summed E-state index contributed by atoms with van der Waals surface area (Å²) in [5, 5.41) is 23.8. The van der Waals surface area contributed by atoms with Crippen molar-refractivity contribution in [2.45, 2.75) is 11.7 Å². The Morgan fingerprint density at radius 1 is 0.316 bits per heavy atom. The van der Waals surface area contributed by atoms with Crippen LogP contribution in [0.2, 0.25) is 0 Å². The van der Waals surface area contributed by atoms with Gasteiger partial charge in [0, 0.05) is 41.2 Å². The molecule has 0 amide bonds. The summed E-state index contributed by atoms with van der Waals surface area (Å²) in [6.45, 7) is 0. The lowest BCUT2D eigenvalue weighted by molar-refractivity contribution is 0.116. The molecule has 0 saturated carbocycles. The number of rotatable bonds is 11. The minimum atomic E-state index is -1.68. The summed E-state index contributed by atoms with van der Waals surface area (Å²) in [5.41, 5.74) is 8.18. The van der Waals surface area contributed by atoms with Crippen molar-refractivity contribution in [2.75, 3.05) is 0 Å². The zero-order valence-electron chi connectivity index (χ0n) is 42.3. The number of hydrogen-bond acceptors (Lipinski definition) is 8. The van der Waals surface area contributed by atoms with Crippen LogP contribution in [0.5, 0.6) is 0 Å². The molecule has 0 spiro atoms. The summed E-state index contributed by atoms with van der Waals surface area (Å²) in [4.78, 5) is 28.4. The van der Waals surface area contributed by atoms with Crippen molar-refractivity contribution in [3.63, 3.8) is 0 Å². The molecule has 2 N–H and O–H groups in total. The number of aliphatic hydroxyl groups is 2. The standard InChI is InChI=1S/C34H24BrN3O.C22H16BrN3O.C12H9Br/c35-28-22-20-27(21-23-28)34(39,30-19-11-10-18-29(30)24-12-4-1-5-13-24)33-37-31(25-14-6-2-7-15-25)36-32(38-33)26-16-8-3-9-17-26;23-18-13-11-15(12-14-18)19(27)22-25-20(16-7-3-1-4-8-16)24-21(26-22)17-9-5-2-6-10-17;13-12-9-5-4-8-11(12)10-6-2-1-3-7-10/h1-23,39H;1-14,19,27H;1-9H. The Morgan fingerprint density at radius 2 is 0.646 bits per heavy atom. The van der Waals surface area contributed by atoms with Crippen LogP contribution in [0.4, 0.5) is 0 Å². The number of nitrogens with zero attached hydrogens (tertiary/aromatic N) is 6. The molecule has 11 heteroatoms. The van der Waals surface area contributed by atoms with E-state index in [-0.39, 0.29) is 5.82 Å². The molecule has 0 saturated heterocycles. The molecule has 8 nitrogen and oxygen atoms in total. The molecule has 2 atom stereocenters. The molecule has 79 heavy (non-hydrogen) atoms. The van der Waals surface area contributed by atoms with E-state index in [4.69, 9.17) is 15.0 Å². The highest BCUT2D eigenvalue weighted by atomic mass is 79.9. The molecule has 0 radical (unpaired) electrons. The minimum absolute atomic E-state index is 0.251. The van der Waals surface area contributed by atoms with Crippen LogP contribution in [0.25, 0.3) is 67.8 Å². The molecular formula is C68H49Br3N6O2. The van der Waals surface area contributed by atoms with Crippen LogP contribution in [0.15, 0.2) is 292 Å². The minimum Gasteiger partial charge on any atom is -0.380 e. The van der Waals surface area contributed by atoms with E-state index < -0.39 is 11.7 Å². The van der Waals surface area contributed by atoms with Crippen LogP contribution in [0.3, 0.4) is 0 Å². The first-order valence-corrected chi connectivity index (χ1v) is 27.7. The van der Waals surface area contributed by atoms with Gasteiger partial charge in [-0.3, -0.25) is 0 Å². The van der Waals surface area contributed by atoms with Crippen LogP contribution in [-0.4, -0.2) is 40.1 Å². The van der Waals surface area contributed by atoms with Gasteiger partial charge in [-0.1, -0.05) is 297 Å². The van der Waals surface area contributed by atoms with Gasteiger partial charge in [-0.05, 0) is 63.7 Å². The Labute approximate surface area is 484 Å². The highest BCUT2D eigenvalue weighted by molar-refractivity contribution is 9.11. The zero-order chi connectivity index (χ0) is 54.4. The van der Waals surface area contributed by atoms with Crippen LogP contribution in [0.1, 0.15) is 34.4 Å². The molecule has 12 aromatic rings. The Kier molecular flexibility index (Phi) is 17.6. The fourth-order valence-corrected chi connectivity index (χ4v) is 9.83. The Hall–Kier alpha value is -8.42. The lowest BCUT2D eigenvalue weighted by atomic mass is 9.81. The molecule has 384 valence electrons. The average molecular weight is 1220 g/mol. The normalized spacial score (nSPS) is 11.9. The van der Waals surface area contributed by atoms with Crippen LogP contribution in [0, 0.1) is 0 Å². The maximum Gasteiger partial charge on any atom is 0.175 e. The van der Waals surface area contributed by atoms with Crippen molar-refractivity contribution in [1.29, 1.82) is 0 Å². The van der Waals surface area contributed by atoms with Gasteiger partial charge in [0.2, 0.25) is 0 Å². The first kappa shape index (κ1) is 54.0. The SMILES string of the molecule is Brc1ccccc1-c1ccccc1.OC(c1ccc(Br)cc1)(c1nc(-c2ccccc2)nc(-c2ccccc2)n1)c1ccccc1-c1ccccc1.OC(c1ccc(Br)cc1)c1nc(-c2ccccc2)nc(-c2ccccc2)n1. The molecule has 0 aliphatic rings. The summed E-state index contributed by atoms with van der Waals surface area (Å²) in [5.74, 6) is 2.64. The molecule has 0 aliphatic heterocycles. The van der Waals surface area contributed by atoms with Crippen LogP contribution in [-0.2, 0) is 5.60 Å². The summed E-state index contributed by atoms with van der Waals surface area (Å²) < 4.78 is 3.00. The zero-order valence-corrected chi connectivity index (χ0v) is 47.1. The van der Waals surface area contributed by atoms with Crippen molar-refractivity contribution in [3.8, 4) is 67.8 Å². The average Bonchev–Trinajstić information content (AvgIpc) is 3.65. The predicted octanol–water partition coefficient (Wildman–Crippen LogP) is 17.1. The fourth-order valence-electron chi connectivity index (χ4n) is 8.79. The summed E-state index contributed by atoms with van der Waals surface area (Å²) in [6, 6.07) is 90.6. The lowest BCUT2D eigenvalue weighted by Crippen LogP contribution is -2.32. The number of halogens is 3. The van der Waals surface area contributed by atoms with Crippen molar-refractivity contribution in [2.24, 2.45) is 0 Å². The topological polar surface area (TPSA) is 118 Å². The molecule has 0 bridgehead atoms. The summed E-state index contributed by atoms with van der Waals surface area (Å²) in [6.07, 6.45) is -0.939. The van der Waals surface area contributed by atoms with E-state index >= 15 is 0 Å². The quantitative estimate of drug-likeness (QED) is 0.131. The highest BCUT2D eigenvalue weighted by Gasteiger charge is 2.40. The molecular weight excluding hydrogens is 1170 g/mol. The molecule has 2 unspecified atom stereocenters. The molecule has 0 fully saturated rings. The molecule has 2 heterocycles. The first-order chi connectivity index (χ1) is 38.7. The van der Waals surface area contributed by atoms with Gasteiger partial charge in [0.05, 0.1) is 0 Å². The Bertz CT molecular complexity index is 3770. The third-order valence-electron chi connectivity index (χ3n) is 12.8. The van der Waals surface area contributed by atoms with Gasteiger partial charge < -0.3 is 10.2 Å². The molecule has 0 aliphatic carbocycles. The van der Waals surface area contributed by atoms with Gasteiger partial charge in [0.15, 0.2) is 40.5 Å². The number of hydrogen-bond donors (Lipinski definition) is 2. The second-order valence-corrected chi connectivity index (χ2v) is 20.7. The van der Waals surface area contributed by atoms with Gasteiger partial charge in [-0.25, -0.2) is 29.9 Å². The van der Waals surface area contributed by atoms with Gasteiger partial charge in [0.25, 0.3) is 0 Å². The van der Waals surface area contributed by atoms with E-state index in [9.17, 15) is 10.2 Å². The van der Waals surface area contributed by atoms with E-state index in [0.717, 1.165) is 52.4 Å². The van der Waals surface area contributed by atoms with Crippen LogP contribution >= 0.6 is 47.8 Å². The highest BCUT2D eigenvalue weighted by Crippen LogP contribution is 2.42. The first-order valence-electron chi connectivity index (χ1n) is 25.3. The Balaban J connectivity index is 0.000000151. The monoisotopic (exact) mass is 1220 g/mol. The summed E-state index contributed by atoms with van der Waals surface area (Å²) in [7, 11) is 0. The van der Waals surface area contributed by atoms with E-state index in [1.165, 1.54) is 11.1 Å². The predicted molar refractivity (Wildman–Crippen MR) is 327 cm³/mol. The number of benzene rings is 10. The second kappa shape index (κ2) is 25.8. The van der Waals surface area contributed by atoms with E-state index in [0.29, 0.717) is 40.2 Å². The van der Waals surface area contributed by atoms with Gasteiger partial charge >= 0.3 is 0 Å². The maximum absolute atomic E-state index is 12.9. The summed E-state index contributed by atoms with van der Waals surface area (Å²) >= 11 is 10.5. The van der Waals surface area contributed by atoms with Gasteiger partial charge in [0.1, 0.15) is 6.10 Å². The third kappa shape index (κ3) is 13.1. The number of aliphatic hydroxyl groups excluding tert-OH is 1. The van der Waals surface area contributed by atoms with E-state index in [1.807, 2.05) is 243 Å². The second-order valence-electron chi connectivity index (χ2n) is 18.0. The molecule has 2 aromatic heterocycles. The van der Waals surface area contributed by atoms with E-state index in [1.54, 1.807) is 0 Å². The Morgan fingerprint density at radius 3 is 1.06 bits per heavy atom. The van der Waals surface area contributed by atoms with Crippen molar-refractivity contribution in [1.82, 2.24) is 29.9 Å². The number of aromatic nitrogens is 6. The smallest absolute Gasteiger partial charge is 0.175 e. The lowest BCUT2D eigenvalue weighted by Gasteiger charge is -2.30.